The van der Waals surface area contributed by atoms with Crippen LogP contribution in [-0.2, 0) is 14.3 Å². The lowest BCUT2D eigenvalue weighted by Gasteiger charge is -2.24. The Kier molecular flexibility index (Phi) is 4.18. The number of benzene rings is 2. The summed E-state index contributed by atoms with van der Waals surface area (Å²) < 4.78 is 4.85. The molecule has 0 aromatic heterocycles. The topological polar surface area (TPSA) is 92.7 Å². The zero-order valence-electron chi connectivity index (χ0n) is 14.7. The summed E-state index contributed by atoms with van der Waals surface area (Å²) in [6, 6.07) is 10.9. The fraction of sp³-hybridized carbons (Fsp3) is 0.286. The number of carboxylic acids is 1. The Morgan fingerprint density at radius 2 is 1.67 bits per heavy atom. The number of aliphatic carboxylic acids is 1. The highest BCUT2D eigenvalue weighted by atomic mass is 16.5. The summed E-state index contributed by atoms with van der Waals surface area (Å²) >= 11 is 0. The molecule has 2 aromatic rings. The summed E-state index contributed by atoms with van der Waals surface area (Å²) in [5.41, 5.74) is 0.580. The molecule has 1 amide bonds. The summed E-state index contributed by atoms with van der Waals surface area (Å²) in [5, 5.41) is 14.1. The number of anilines is 1. The highest BCUT2D eigenvalue weighted by molar-refractivity contribution is 6.06. The zero-order chi connectivity index (χ0) is 19.1. The lowest BCUT2D eigenvalue weighted by atomic mass is 9.82. The Bertz CT molecular complexity index is 980. The molecular formula is C21H19NO5. The first-order valence-electron chi connectivity index (χ1n) is 8.82. The number of carboxylic acid groups (broad SMARTS) is 1. The Labute approximate surface area is 155 Å². The molecule has 2 N–H and O–H groups in total. The first kappa shape index (κ1) is 17.3. The first-order chi connectivity index (χ1) is 13.0. The van der Waals surface area contributed by atoms with Crippen LogP contribution in [0.1, 0.15) is 16.8 Å². The monoisotopic (exact) mass is 365 g/mol. The molecule has 0 unspecified atom stereocenters. The number of carbonyl (C=O) groups is 3. The van der Waals surface area contributed by atoms with E-state index in [0.717, 1.165) is 10.8 Å². The smallest absolute Gasteiger partial charge is 0.339 e. The van der Waals surface area contributed by atoms with E-state index in [9.17, 15) is 19.5 Å². The number of hydrogen-bond acceptors (Lipinski definition) is 4. The van der Waals surface area contributed by atoms with Gasteiger partial charge in [0.1, 0.15) is 0 Å². The molecule has 0 aliphatic heterocycles. The minimum atomic E-state index is -0.960. The highest BCUT2D eigenvalue weighted by Gasteiger charge is 2.51. The highest BCUT2D eigenvalue weighted by Crippen LogP contribution is 2.48. The van der Waals surface area contributed by atoms with Crippen molar-refractivity contribution in [1.29, 1.82) is 0 Å². The molecule has 6 heteroatoms. The van der Waals surface area contributed by atoms with Crippen LogP contribution >= 0.6 is 0 Å². The average molecular weight is 365 g/mol. The van der Waals surface area contributed by atoms with Crippen LogP contribution in [0.2, 0.25) is 0 Å². The summed E-state index contributed by atoms with van der Waals surface area (Å²) in [6.07, 6.45) is 4.50. The van der Waals surface area contributed by atoms with E-state index < -0.39 is 23.8 Å². The van der Waals surface area contributed by atoms with Crippen LogP contribution in [0.4, 0.5) is 5.69 Å². The third kappa shape index (κ3) is 2.87. The van der Waals surface area contributed by atoms with Crippen molar-refractivity contribution < 1.29 is 24.2 Å². The third-order valence-corrected chi connectivity index (χ3v) is 5.60. The largest absolute Gasteiger partial charge is 0.481 e. The molecule has 0 heterocycles. The molecule has 4 atom stereocenters. The standard InChI is InChI=1S/C21H19NO5/c1-27-21(26)15-9-11-4-2-3-5-12(11)10-16(15)22-19(23)17-13-6-7-14(8-13)18(17)20(24)25/h2-7,9-10,13-14,17-18H,8H2,1H3,(H,22,23)(H,24,25)/t13-,14-,17+,18+/m0/s1. The van der Waals surface area contributed by atoms with Gasteiger partial charge in [0.25, 0.3) is 0 Å². The van der Waals surface area contributed by atoms with Gasteiger partial charge in [-0.2, -0.15) is 0 Å². The van der Waals surface area contributed by atoms with Gasteiger partial charge in [-0.3, -0.25) is 9.59 Å². The first-order valence-corrected chi connectivity index (χ1v) is 8.82. The van der Waals surface area contributed by atoms with Crippen molar-refractivity contribution in [3.8, 4) is 0 Å². The molecule has 27 heavy (non-hydrogen) atoms. The molecule has 2 aliphatic carbocycles. The summed E-state index contributed by atoms with van der Waals surface area (Å²) in [4.78, 5) is 36.8. The minimum Gasteiger partial charge on any atom is -0.481 e. The van der Waals surface area contributed by atoms with Gasteiger partial charge in [0.15, 0.2) is 0 Å². The van der Waals surface area contributed by atoms with Crippen LogP contribution in [-0.4, -0.2) is 30.1 Å². The van der Waals surface area contributed by atoms with Gasteiger partial charge < -0.3 is 15.2 Å². The molecular weight excluding hydrogens is 346 g/mol. The van der Waals surface area contributed by atoms with Crippen LogP contribution in [0.5, 0.6) is 0 Å². The Morgan fingerprint density at radius 3 is 2.30 bits per heavy atom. The van der Waals surface area contributed by atoms with Crippen LogP contribution in [0, 0.1) is 23.7 Å². The predicted molar refractivity (Wildman–Crippen MR) is 99.3 cm³/mol. The van der Waals surface area contributed by atoms with E-state index in [0.29, 0.717) is 12.1 Å². The molecule has 2 bridgehead atoms. The van der Waals surface area contributed by atoms with E-state index in [1.165, 1.54) is 7.11 Å². The number of esters is 1. The Hall–Kier alpha value is -3.15. The fourth-order valence-corrected chi connectivity index (χ4v) is 4.35. The molecule has 0 radical (unpaired) electrons. The predicted octanol–water partition coefficient (Wildman–Crippen LogP) is 3.09. The maximum Gasteiger partial charge on any atom is 0.339 e. The van der Waals surface area contributed by atoms with E-state index in [2.05, 4.69) is 5.32 Å². The van der Waals surface area contributed by atoms with Crippen molar-refractivity contribution in [2.45, 2.75) is 6.42 Å². The van der Waals surface area contributed by atoms with Gasteiger partial charge in [-0.25, -0.2) is 4.79 Å². The number of amides is 1. The Balaban J connectivity index is 1.70. The number of rotatable bonds is 4. The second-order valence-electron chi connectivity index (χ2n) is 7.06. The van der Waals surface area contributed by atoms with Gasteiger partial charge in [-0.15, -0.1) is 0 Å². The number of allylic oxidation sites excluding steroid dienone is 2. The number of hydrogen-bond donors (Lipinski definition) is 2. The molecule has 1 fully saturated rings. The molecule has 0 spiro atoms. The van der Waals surface area contributed by atoms with Gasteiger partial charge in [0, 0.05) is 0 Å². The van der Waals surface area contributed by atoms with Crippen LogP contribution < -0.4 is 5.32 Å². The van der Waals surface area contributed by atoms with Crippen LogP contribution in [0.3, 0.4) is 0 Å². The summed E-state index contributed by atoms with van der Waals surface area (Å²) in [5.74, 6) is -3.47. The quantitative estimate of drug-likeness (QED) is 0.642. The van der Waals surface area contributed by atoms with E-state index in [-0.39, 0.29) is 23.3 Å². The minimum absolute atomic E-state index is 0.0851. The average Bonchev–Trinajstić information content (AvgIpc) is 3.28. The molecule has 0 saturated heterocycles. The lowest BCUT2D eigenvalue weighted by molar-refractivity contribution is -0.146. The van der Waals surface area contributed by atoms with Gasteiger partial charge in [0.2, 0.25) is 5.91 Å². The van der Waals surface area contributed by atoms with E-state index in [1.807, 2.05) is 36.4 Å². The van der Waals surface area contributed by atoms with Gasteiger partial charge in [-0.1, -0.05) is 36.4 Å². The normalized spacial score (nSPS) is 25.5. The molecule has 138 valence electrons. The van der Waals surface area contributed by atoms with Gasteiger partial charge in [-0.05, 0) is 41.2 Å². The number of methoxy groups -OCH3 is 1. The Morgan fingerprint density at radius 1 is 1.04 bits per heavy atom. The molecule has 1 saturated carbocycles. The van der Waals surface area contributed by atoms with Crippen molar-refractivity contribution in [2.75, 3.05) is 12.4 Å². The van der Waals surface area contributed by atoms with Crippen molar-refractivity contribution >= 4 is 34.3 Å². The molecule has 2 aromatic carbocycles. The van der Waals surface area contributed by atoms with Crippen molar-refractivity contribution in [2.24, 2.45) is 23.7 Å². The van der Waals surface area contributed by atoms with Gasteiger partial charge >= 0.3 is 11.9 Å². The molecule has 6 nitrogen and oxygen atoms in total. The molecule has 2 aliphatic rings. The van der Waals surface area contributed by atoms with E-state index >= 15 is 0 Å². The van der Waals surface area contributed by atoms with Crippen molar-refractivity contribution in [1.82, 2.24) is 0 Å². The molecule has 4 rings (SSSR count). The third-order valence-electron chi connectivity index (χ3n) is 5.60. The van der Waals surface area contributed by atoms with Crippen LogP contribution in [0.15, 0.2) is 48.6 Å². The lowest BCUT2D eigenvalue weighted by Crippen LogP contribution is -2.36. The summed E-state index contributed by atoms with van der Waals surface area (Å²) in [6.45, 7) is 0. The fourth-order valence-electron chi connectivity index (χ4n) is 4.35. The maximum absolute atomic E-state index is 13.0. The second kappa shape index (κ2) is 6.54. The number of carbonyl (C=O) groups excluding carboxylic acids is 2. The van der Waals surface area contributed by atoms with E-state index in [4.69, 9.17) is 4.74 Å². The van der Waals surface area contributed by atoms with Gasteiger partial charge in [0.05, 0.1) is 30.2 Å². The zero-order valence-corrected chi connectivity index (χ0v) is 14.7. The number of nitrogens with one attached hydrogen (secondary N) is 1. The van der Waals surface area contributed by atoms with E-state index in [1.54, 1.807) is 12.1 Å². The SMILES string of the molecule is COC(=O)c1cc2ccccc2cc1NC(=O)[C@H]1[C@H](C(=O)O)[C@H]2C=C[C@H]1C2. The van der Waals surface area contributed by atoms with Crippen molar-refractivity contribution in [3.63, 3.8) is 0 Å². The number of fused-ring (bicyclic) bond motifs is 3. The number of ether oxygens (including phenoxy) is 1. The summed E-state index contributed by atoms with van der Waals surface area (Å²) in [7, 11) is 1.28. The van der Waals surface area contributed by atoms with Crippen molar-refractivity contribution in [3.05, 3.63) is 54.1 Å². The maximum atomic E-state index is 13.0. The second-order valence-corrected chi connectivity index (χ2v) is 7.06. The van der Waals surface area contributed by atoms with Crippen LogP contribution in [0.25, 0.3) is 10.8 Å².